The Balaban J connectivity index is 1.55. The van der Waals surface area contributed by atoms with Crippen molar-refractivity contribution in [1.29, 1.82) is 0 Å². The molecule has 1 saturated heterocycles. The van der Waals surface area contributed by atoms with Crippen molar-refractivity contribution in [1.82, 2.24) is 20.0 Å². The molecule has 0 aliphatic carbocycles. The van der Waals surface area contributed by atoms with Crippen LogP contribution >= 0.6 is 11.3 Å². The number of aryl methyl sites for hydroxylation is 2. The Morgan fingerprint density at radius 1 is 1.35 bits per heavy atom. The molecule has 2 aromatic heterocycles. The Morgan fingerprint density at radius 3 is 2.76 bits per heavy atom. The zero-order valence-corrected chi connectivity index (χ0v) is 10.8. The van der Waals surface area contributed by atoms with E-state index in [4.69, 9.17) is 0 Å². The van der Waals surface area contributed by atoms with Crippen LogP contribution in [0, 0.1) is 19.8 Å². The van der Waals surface area contributed by atoms with E-state index in [-0.39, 0.29) is 0 Å². The molecule has 1 aliphatic heterocycles. The summed E-state index contributed by atoms with van der Waals surface area (Å²) >= 11 is 1.67. The van der Waals surface area contributed by atoms with Crippen molar-refractivity contribution in [2.45, 2.75) is 20.4 Å². The second-order valence-corrected chi connectivity index (χ2v) is 5.77. The fourth-order valence-electron chi connectivity index (χ4n) is 2.09. The summed E-state index contributed by atoms with van der Waals surface area (Å²) in [5.41, 5.74) is 1.22. The van der Waals surface area contributed by atoms with Crippen LogP contribution in [-0.4, -0.2) is 33.1 Å². The highest BCUT2D eigenvalue weighted by Crippen LogP contribution is 2.27. The highest BCUT2D eigenvalue weighted by atomic mass is 32.1. The van der Waals surface area contributed by atoms with Crippen LogP contribution in [0.5, 0.6) is 0 Å². The number of nitrogens with zero attached hydrogens (tertiary/aromatic N) is 5. The Bertz CT molecular complexity index is 511. The quantitative estimate of drug-likeness (QED) is 0.827. The first-order valence-electron chi connectivity index (χ1n) is 5.75. The van der Waals surface area contributed by atoms with E-state index < -0.39 is 0 Å². The lowest BCUT2D eigenvalue weighted by molar-refractivity contribution is 0.341. The van der Waals surface area contributed by atoms with Gasteiger partial charge in [-0.25, -0.2) is 0 Å². The highest BCUT2D eigenvalue weighted by Gasteiger charge is 2.29. The van der Waals surface area contributed by atoms with Crippen molar-refractivity contribution in [2.75, 3.05) is 18.0 Å². The monoisotopic (exact) mass is 249 g/mol. The number of rotatable bonds is 3. The molecule has 0 atom stereocenters. The van der Waals surface area contributed by atoms with Crippen LogP contribution in [0.3, 0.4) is 0 Å². The molecule has 0 radical (unpaired) electrons. The zero-order chi connectivity index (χ0) is 11.8. The topological polar surface area (TPSA) is 46.8 Å². The van der Waals surface area contributed by atoms with E-state index in [9.17, 15) is 0 Å². The maximum atomic E-state index is 4.31. The lowest BCUT2D eigenvalue weighted by atomic mass is 10.0. The van der Waals surface area contributed by atoms with Gasteiger partial charge in [0.05, 0.1) is 6.20 Å². The van der Waals surface area contributed by atoms with E-state index in [1.165, 1.54) is 5.56 Å². The van der Waals surface area contributed by atoms with Crippen molar-refractivity contribution in [3.8, 4) is 0 Å². The summed E-state index contributed by atoms with van der Waals surface area (Å²) in [6, 6.07) is 0. The molecular formula is C11H15N5S. The van der Waals surface area contributed by atoms with E-state index in [1.807, 2.05) is 17.8 Å². The Labute approximate surface area is 104 Å². The van der Waals surface area contributed by atoms with E-state index in [2.05, 4.69) is 33.3 Å². The molecule has 0 saturated carbocycles. The van der Waals surface area contributed by atoms with Crippen LogP contribution in [0.2, 0.25) is 0 Å². The van der Waals surface area contributed by atoms with Gasteiger partial charge in [0.15, 0.2) is 0 Å². The standard InChI is InChI=1S/C11H15N5S/c1-8-3-12-16(4-8)7-10-5-15(6-10)11-14-13-9(2)17-11/h3-4,10H,5-7H2,1-2H3. The maximum Gasteiger partial charge on any atom is 0.208 e. The van der Waals surface area contributed by atoms with Gasteiger partial charge in [-0.2, -0.15) is 5.10 Å². The molecule has 17 heavy (non-hydrogen) atoms. The minimum Gasteiger partial charge on any atom is -0.346 e. The first-order chi connectivity index (χ1) is 8.20. The van der Waals surface area contributed by atoms with Gasteiger partial charge in [0.2, 0.25) is 5.13 Å². The molecule has 2 aromatic rings. The van der Waals surface area contributed by atoms with E-state index in [0.29, 0.717) is 5.92 Å². The molecule has 1 aliphatic rings. The number of hydrogen-bond donors (Lipinski definition) is 0. The Kier molecular flexibility index (Phi) is 2.58. The average Bonchev–Trinajstić information content (AvgIpc) is 2.81. The van der Waals surface area contributed by atoms with Gasteiger partial charge in [-0.1, -0.05) is 11.3 Å². The summed E-state index contributed by atoms with van der Waals surface area (Å²) in [5, 5.41) is 14.6. The van der Waals surface area contributed by atoms with Gasteiger partial charge in [-0.05, 0) is 19.4 Å². The highest BCUT2D eigenvalue weighted by molar-refractivity contribution is 7.15. The summed E-state index contributed by atoms with van der Waals surface area (Å²) in [7, 11) is 0. The van der Waals surface area contributed by atoms with Crippen LogP contribution in [0.15, 0.2) is 12.4 Å². The summed E-state index contributed by atoms with van der Waals surface area (Å²) < 4.78 is 2.03. The van der Waals surface area contributed by atoms with E-state index in [0.717, 1.165) is 29.8 Å². The predicted octanol–water partition coefficient (Wildman–Crippen LogP) is 1.49. The third-order valence-corrected chi connectivity index (χ3v) is 3.85. The molecule has 0 aromatic carbocycles. The molecular weight excluding hydrogens is 234 g/mol. The number of anilines is 1. The third kappa shape index (κ3) is 2.17. The van der Waals surface area contributed by atoms with Crippen molar-refractivity contribution < 1.29 is 0 Å². The fourth-order valence-corrected chi connectivity index (χ4v) is 2.79. The second kappa shape index (κ2) is 4.10. The lowest BCUT2D eigenvalue weighted by Crippen LogP contribution is -2.48. The molecule has 3 heterocycles. The van der Waals surface area contributed by atoms with Crippen LogP contribution in [0.4, 0.5) is 5.13 Å². The first kappa shape index (κ1) is 10.7. The van der Waals surface area contributed by atoms with Gasteiger partial charge in [0.1, 0.15) is 5.01 Å². The average molecular weight is 249 g/mol. The minimum absolute atomic E-state index is 0.679. The van der Waals surface area contributed by atoms with Crippen molar-refractivity contribution in [3.05, 3.63) is 23.0 Å². The molecule has 0 N–H and O–H groups in total. The summed E-state index contributed by atoms with van der Waals surface area (Å²) in [4.78, 5) is 2.28. The second-order valence-electron chi connectivity index (χ2n) is 4.61. The van der Waals surface area contributed by atoms with E-state index in [1.54, 1.807) is 11.3 Å². The maximum absolute atomic E-state index is 4.31. The van der Waals surface area contributed by atoms with Crippen molar-refractivity contribution in [2.24, 2.45) is 5.92 Å². The molecule has 6 heteroatoms. The van der Waals surface area contributed by atoms with Gasteiger partial charge < -0.3 is 4.90 Å². The largest absolute Gasteiger partial charge is 0.346 e. The Hall–Kier alpha value is -1.43. The molecule has 0 amide bonds. The normalized spacial score (nSPS) is 16.2. The van der Waals surface area contributed by atoms with Crippen molar-refractivity contribution in [3.63, 3.8) is 0 Å². The SMILES string of the molecule is Cc1cnn(CC2CN(c3nnc(C)s3)C2)c1. The van der Waals surface area contributed by atoms with Crippen LogP contribution < -0.4 is 4.90 Å². The summed E-state index contributed by atoms with van der Waals surface area (Å²) in [5.74, 6) is 0.679. The Morgan fingerprint density at radius 2 is 2.18 bits per heavy atom. The van der Waals surface area contributed by atoms with E-state index >= 15 is 0 Å². The smallest absolute Gasteiger partial charge is 0.208 e. The first-order valence-corrected chi connectivity index (χ1v) is 6.56. The molecule has 0 bridgehead atoms. The van der Waals surface area contributed by atoms with Gasteiger partial charge in [-0.3, -0.25) is 4.68 Å². The molecule has 3 rings (SSSR count). The summed E-state index contributed by atoms with van der Waals surface area (Å²) in [6.45, 7) is 7.19. The minimum atomic E-state index is 0.679. The molecule has 90 valence electrons. The van der Waals surface area contributed by atoms with Gasteiger partial charge in [-0.15, -0.1) is 10.2 Å². The van der Waals surface area contributed by atoms with Crippen LogP contribution in [0.1, 0.15) is 10.6 Å². The molecule has 5 nitrogen and oxygen atoms in total. The van der Waals surface area contributed by atoms with Crippen molar-refractivity contribution >= 4 is 16.5 Å². The van der Waals surface area contributed by atoms with Gasteiger partial charge in [0.25, 0.3) is 0 Å². The number of aromatic nitrogens is 4. The predicted molar refractivity (Wildman–Crippen MR) is 67.3 cm³/mol. The summed E-state index contributed by atoms with van der Waals surface area (Å²) in [6.07, 6.45) is 4.00. The lowest BCUT2D eigenvalue weighted by Gasteiger charge is -2.38. The zero-order valence-electron chi connectivity index (χ0n) is 10.00. The molecule has 1 fully saturated rings. The van der Waals surface area contributed by atoms with Crippen LogP contribution in [0.25, 0.3) is 0 Å². The van der Waals surface area contributed by atoms with Crippen LogP contribution in [-0.2, 0) is 6.54 Å². The third-order valence-electron chi connectivity index (χ3n) is 2.95. The molecule has 0 unspecified atom stereocenters. The molecule has 0 spiro atoms. The van der Waals surface area contributed by atoms with Gasteiger partial charge in [0, 0.05) is 31.7 Å². The fraction of sp³-hybridized carbons (Fsp3) is 0.545. The number of hydrogen-bond acceptors (Lipinski definition) is 5. The van der Waals surface area contributed by atoms with Gasteiger partial charge >= 0.3 is 0 Å².